The molecule has 1 aromatic rings. The van der Waals surface area contributed by atoms with Crippen molar-refractivity contribution in [3.05, 3.63) is 48.2 Å². The third-order valence-corrected chi connectivity index (χ3v) is 2.22. The Hall–Kier alpha value is -1.28. The molecule has 0 aliphatic carbocycles. The first-order valence-electron chi connectivity index (χ1n) is 4.89. The lowest BCUT2D eigenvalue weighted by Gasteiger charge is -2.17. The molecule has 14 heavy (non-hydrogen) atoms. The number of ether oxygens (including phenoxy) is 2. The summed E-state index contributed by atoms with van der Waals surface area (Å²) in [5.74, 6) is 0. The van der Waals surface area contributed by atoms with E-state index in [1.807, 2.05) is 24.3 Å². The fraction of sp³-hybridized carbons (Fsp3) is 0.333. The molecule has 1 aliphatic heterocycles. The van der Waals surface area contributed by atoms with Gasteiger partial charge in [0, 0.05) is 6.42 Å². The van der Waals surface area contributed by atoms with Gasteiger partial charge in [0.15, 0.2) is 0 Å². The van der Waals surface area contributed by atoms with Gasteiger partial charge in [-0.15, -0.1) is 0 Å². The summed E-state index contributed by atoms with van der Waals surface area (Å²) >= 11 is 0. The van der Waals surface area contributed by atoms with Crippen LogP contribution in [0.4, 0.5) is 0 Å². The maximum Gasteiger partial charge on any atom is 0.0901 e. The average molecular weight is 190 g/mol. The topological polar surface area (TPSA) is 18.5 Å². The summed E-state index contributed by atoms with van der Waals surface area (Å²) in [4.78, 5) is 0. The Morgan fingerprint density at radius 2 is 2.14 bits per heavy atom. The predicted molar refractivity (Wildman–Crippen MR) is 54.7 cm³/mol. The van der Waals surface area contributed by atoms with Gasteiger partial charge in [-0.3, -0.25) is 0 Å². The normalized spacial score (nSPS) is 20.4. The third-order valence-electron chi connectivity index (χ3n) is 2.22. The van der Waals surface area contributed by atoms with E-state index in [-0.39, 0.29) is 6.10 Å². The van der Waals surface area contributed by atoms with E-state index in [9.17, 15) is 0 Å². The second kappa shape index (κ2) is 4.82. The van der Waals surface area contributed by atoms with Gasteiger partial charge in [0.05, 0.1) is 25.6 Å². The summed E-state index contributed by atoms with van der Waals surface area (Å²) in [6.45, 7) is 1.44. The van der Waals surface area contributed by atoms with E-state index in [0.29, 0.717) is 6.61 Å². The van der Waals surface area contributed by atoms with Crippen LogP contribution in [-0.4, -0.2) is 12.7 Å². The lowest BCUT2D eigenvalue weighted by atomic mass is 10.2. The van der Waals surface area contributed by atoms with E-state index >= 15 is 0 Å². The summed E-state index contributed by atoms with van der Waals surface area (Å²) in [6, 6.07) is 10.2. The molecule has 0 amide bonds. The summed E-state index contributed by atoms with van der Waals surface area (Å²) in [5.41, 5.74) is 1.22. The van der Waals surface area contributed by atoms with E-state index in [4.69, 9.17) is 9.47 Å². The van der Waals surface area contributed by atoms with Gasteiger partial charge in [-0.1, -0.05) is 30.3 Å². The molecule has 1 atom stereocenters. The highest BCUT2D eigenvalue weighted by Crippen LogP contribution is 2.10. The van der Waals surface area contributed by atoms with Crippen LogP contribution < -0.4 is 0 Å². The molecule has 2 heteroatoms. The minimum atomic E-state index is 0.212. The van der Waals surface area contributed by atoms with Crippen molar-refractivity contribution in [2.75, 3.05) is 6.61 Å². The van der Waals surface area contributed by atoms with Crippen LogP contribution in [0, 0.1) is 0 Å². The zero-order valence-corrected chi connectivity index (χ0v) is 8.06. The fourth-order valence-electron chi connectivity index (χ4n) is 1.41. The second-order valence-corrected chi connectivity index (χ2v) is 3.32. The molecule has 1 aliphatic rings. The van der Waals surface area contributed by atoms with Crippen molar-refractivity contribution in [2.24, 2.45) is 0 Å². The van der Waals surface area contributed by atoms with E-state index in [0.717, 1.165) is 13.0 Å². The third kappa shape index (κ3) is 2.60. The Morgan fingerprint density at radius 1 is 1.29 bits per heavy atom. The second-order valence-electron chi connectivity index (χ2n) is 3.32. The summed E-state index contributed by atoms with van der Waals surface area (Å²) in [6.07, 6.45) is 4.85. The molecule has 0 radical (unpaired) electrons. The first-order chi connectivity index (χ1) is 6.95. The van der Waals surface area contributed by atoms with Gasteiger partial charge >= 0.3 is 0 Å². The number of hydrogen-bond acceptors (Lipinski definition) is 2. The SMILES string of the molecule is C1=C[C@@H](OCc2ccccc2)CCO1. The van der Waals surface area contributed by atoms with Crippen LogP contribution in [0.2, 0.25) is 0 Å². The maximum atomic E-state index is 5.70. The fourth-order valence-corrected chi connectivity index (χ4v) is 1.41. The standard InChI is InChI=1S/C12H14O2/c1-2-4-11(5-3-1)10-14-12-6-8-13-9-7-12/h1-6,8,12H,7,9-10H2/t12-/m1/s1. The first-order valence-corrected chi connectivity index (χ1v) is 4.89. The zero-order valence-electron chi connectivity index (χ0n) is 8.06. The number of rotatable bonds is 3. The van der Waals surface area contributed by atoms with Crippen molar-refractivity contribution in [3.63, 3.8) is 0 Å². The summed E-state index contributed by atoms with van der Waals surface area (Å²) < 4.78 is 10.8. The highest BCUT2D eigenvalue weighted by molar-refractivity contribution is 5.13. The predicted octanol–water partition coefficient (Wildman–Crippen LogP) is 2.51. The Balaban J connectivity index is 1.82. The first kappa shape index (κ1) is 9.28. The average Bonchev–Trinajstić information content (AvgIpc) is 2.29. The van der Waals surface area contributed by atoms with Crippen molar-refractivity contribution >= 4 is 0 Å². The van der Waals surface area contributed by atoms with Crippen molar-refractivity contribution in [1.82, 2.24) is 0 Å². The van der Waals surface area contributed by atoms with Crippen LogP contribution in [0.15, 0.2) is 42.7 Å². The van der Waals surface area contributed by atoms with Crippen LogP contribution in [-0.2, 0) is 16.1 Å². The van der Waals surface area contributed by atoms with E-state index in [2.05, 4.69) is 12.1 Å². The molecular formula is C12H14O2. The molecule has 0 bridgehead atoms. The molecule has 0 saturated carbocycles. The van der Waals surface area contributed by atoms with Crippen LogP contribution in [0.5, 0.6) is 0 Å². The minimum absolute atomic E-state index is 0.212. The van der Waals surface area contributed by atoms with Gasteiger partial charge in [0.1, 0.15) is 0 Å². The molecule has 0 fully saturated rings. The molecule has 0 spiro atoms. The van der Waals surface area contributed by atoms with Crippen molar-refractivity contribution in [3.8, 4) is 0 Å². The van der Waals surface area contributed by atoms with E-state index < -0.39 is 0 Å². The quantitative estimate of drug-likeness (QED) is 0.729. The monoisotopic (exact) mass is 190 g/mol. The Morgan fingerprint density at radius 3 is 2.86 bits per heavy atom. The van der Waals surface area contributed by atoms with Crippen LogP contribution >= 0.6 is 0 Å². The molecule has 1 heterocycles. The highest BCUT2D eigenvalue weighted by atomic mass is 16.5. The molecule has 0 aromatic heterocycles. The van der Waals surface area contributed by atoms with Gasteiger partial charge in [-0.25, -0.2) is 0 Å². The summed E-state index contributed by atoms with van der Waals surface area (Å²) in [7, 11) is 0. The highest BCUT2D eigenvalue weighted by Gasteiger charge is 2.08. The van der Waals surface area contributed by atoms with Crippen molar-refractivity contribution in [2.45, 2.75) is 19.1 Å². The smallest absolute Gasteiger partial charge is 0.0901 e. The van der Waals surface area contributed by atoms with E-state index in [1.54, 1.807) is 6.26 Å². The maximum absolute atomic E-state index is 5.70. The Labute approximate surface area is 84.2 Å². The van der Waals surface area contributed by atoms with E-state index in [1.165, 1.54) is 5.56 Å². The van der Waals surface area contributed by atoms with Crippen molar-refractivity contribution in [1.29, 1.82) is 0 Å². The van der Waals surface area contributed by atoms with Gasteiger partial charge < -0.3 is 9.47 Å². The van der Waals surface area contributed by atoms with Crippen LogP contribution in [0.25, 0.3) is 0 Å². The van der Waals surface area contributed by atoms with Crippen molar-refractivity contribution < 1.29 is 9.47 Å². The van der Waals surface area contributed by atoms with Crippen LogP contribution in [0.1, 0.15) is 12.0 Å². The molecule has 0 saturated heterocycles. The summed E-state index contributed by atoms with van der Waals surface area (Å²) in [5, 5.41) is 0. The number of benzene rings is 1. The van der Waals surface area contributed by atoms with Gasteiger partial charge in [-0.2, -0.15) is 0 Å². The molecule has 2 nitrogen and oxygen atoms in total. The molecule has 1 aromatic carbocycles. The van der Waals surface area contributed by atoms with Gasteiger partial charge in [0.2, 0.25) is 0 Å². The Bertz CT molecular complexity index is 292. The Kier molecular flexibility index (Phi) is 3.19. The molecule has 0 N–H and O–H groups in total. The largest absolute Gasteiger partial charge is 0.501 e. The van der Waals surface area contributed by atoms with Crippen LogP contribution in [0.3, 0.4) is 0 Å². The lowest BCUT2D eigenvalue weighted by Crippen LogP contribution is -2.15. The minimum Gasteiger partial charge on any atom is -0.501 e. The molecule has 2 rings (SSSR count). The zero-order chi connectivity index (χ0) is 9.64. The molecule has 74 valence electrons. The molecular weight excluding hydrogens is 176 g/mol. The van der Waals surface area contributed by atoms with Gasteiger partial charge in [0.25, 0.3) is 0 Å². The molecule has 0 unspecified atom stereocenters. The van der Waals surface area contributed by atoms with Gasteiger partial charge in [-0.05, 0) is 11.6 Å². The number of hydrogen-bond donors (Lipinski definition) is 0. The lowest BCUT2D eigenvalue weighted by molar-refractivity contribution is 0.0388.